The molecule has 8 heteroatoms. The van der Waals surface area contributed by atoms with E-state index in [9.17, 15) is 4.39 Å². The van der Waals surface area contributed by atoms with Crippen LogP contribution in [-0.4, -0.2) is 14.8 Å². The van der Waals surface area contributed by atoms with Gasteiger partial charge in [-0.15, -0.1) is 10.2 Å². The number of hydrogen-bond donors (Lipinski definition) is 0. The van der Waals surface area contributed by atoms with Crippen molar-refractivity contribution in [3.63, 3.8) is 0 Å². The number of ether oxygens (including phenoxy) is 1. The molecule has 0 amide bonds. The predicted molar refractivity (Wildman–Crippen MR) is 105 cm³/mol. The molecule has 1 heterocycles. The maximum Gasteiger partial charge on any atom is 0.191 e. The average molecular weight is 457 g/mol. The predicted octanol–water partition coefficient (Wildman–Crippen LogP) is 5.80. The van der Waals surface area contributed by atoms with Gasteiger partial charge in [0.05, 0.1) is 0 Å². The molecule has 136 valence electrons. The Labute approximate surface area is 168 Å². The van der Waals surface area contributed by atoms with E-state index in [1.165, 1.54) is 17.8 Å². The summed E-state index contributed by atoms with van der Waals surface area (Å²) in [5.41, 5.74) is 0.461. The Hall–Kier alpha value is -1.57. The van der Waals surface area contributed by atoms with Gasteiger partial charge in [0.2, 0.25) is 0 Å². The second-order valence-electron chi connectivity index (χ2n) is 5.60. The van der Waals surface area contributed by atoms with Crippen LogP contribution in [0.5, 0.6) is 5.75 Å². The zero-order chi connectivity index (χ0) is 18.7. The van der Waals surface area contributed by atoms with Crippen molar-refractivity contribution in [3.8, 4) is 5.75 Å². The highest BCUT2D eigenvalue weighted by molar-refractivity contribution is 9.10. The lowest BCUT2D eigenvalue weighted by molar-refractivity contribution is 0.211. The minimum atomic E-state index is -0.320. The summed E-state index contributed by atoms with van der Waals surface area (Å²) >= 11 is 10.8. The largest absolute Gasteiger partial charge is 0.483 e. The van der Waals surface area contributed by atoms with Crippen molar-refractivity contribution in [3.05, 3.63) is 69.2 Å². The van der Waals surface area contributed by atoms with Gasteiger partial charge in [-0.05, 0) is 43.3 Å². The van der Waals surface area contributed by atoms with Crippen LogP contribution < -0.4 is 4.74 Å². The van der Waals surface area contributed by atoms with Crippen LogP contribution in [0.15, 0.2) is 52.1 Å². The van der Waals surface area contributed by atoms with E-state index in [1.54, 1.807) is 12.1 Å². The second kappa shape index (κ2) is 8.41. The van der Waals surface area contributed by atoms with Gasteiger partial charge in [0, 0.05) is 27.9 Å². The first-order valence-corrected chi connectivity index (χ1v) is 9.98. The van der Waals surface area contributed by atoms with Crippen molar-refractivity contribution in [2.24, 2.45) is 7.05 Å². The molecule has 0 radical (unpaired) electrons. The highest BCUT2D eigenvalue weighted by Gasteiger charge is 2.18. The van der Waals surface area contributed by atoms with Crippen LogP contribution in [0.4, 0.5) is 4.39 Å². The molecule has 0 N–H and O–H groups in total. The van der Waals surface area contributed by atoms with E-state index in [0.29, 0.717) is 27.3 Å². The molecule has 1 unspecified atom stereocenters. The molecule has 4 nitrogen and oxygen atoms in total. The van der Waals surface area contributed by atoms with Gasteiger partial charge < -0.3 is 9.30 Å². The Balaban J connectivity index is 1.70. The van der Waals surface area contributed by atoms with Crippen LogP contribution in [-0.2, 0) is 12.8 Å². The molecule has 1 aromatic heterocycles. The van der Waals surface area contributed by atoms with Gasteiger partial charge in [-0.3, -0.25) is 0 Å². The third-order valence-electron chi connectivity index (χ3n) is 3.77. The van der Waals surface area contributed by atoms with Crippen LogP contribution in [0.3, 0.4) is 0 Å². The summed E-state index contributed by atoms with van der Waals surface area (Å²) in [7, 11) is 1.86. The van der Waals surface area contributed by atoms with Gasteiger partial charge in [-0.25, -0.2) is 4.39 Å². The number of halogens is 3. The third-order valence-corrected chi connectivity index (χ3v) is 5.70. The van der Waals surface area contributed by atoms with Crippen molar-refractivity contribution in [2.45, 2.75) is 23.9 Å². The highest BCUT2D eigenvalue weighted by atomic mass is 79.9. The maximum atomic E-state index is 13.9. The lowest BCUT2D eigenvalue weighted by Crippen LogP contribution is -2.10. The molecular formula is C18H16BrClFN3OS. The van der Waals surface area contributed by atoms with Crippen LogP contribution in [0, 0.1) is 5.82 Å². The smallest absolute Gasteiger partial charge is 0.191 e. The Kier molecular flexibility index (Phi) is 6.21. The standard InChI is InChI=1S/C18H16BrClFN3OS/c1-11(25-13-8-6-12(19)7-9-13)17-22-23-18(24(17)2)26-10-14-15(20)4-3-5-16(14)21/h3-9,11H,10H2,1-2H3. The van der Waals surface area contributed by atoms with E-state index >= 15 is 0 Å². The molecule has 0 spiro atoms. The molecule has 0 saturated carbocycles. The molecule has 0 aliphatic carbocycles. The first-order chi connectivity index (χ1) is 12.5. The highest BCUT2D eigenvalue weighted by Crippen LogP contribution is 2.29. The van der Waals surface area contributed by atoms with Gasteiger partial charge in [0.15, 0.2) is 17.1 Å². The summed E-state index contributed by atoms with van der Waals surface area (Å²) in [4.78, 5) is 0. The summed E-state index contributed by atoms with van der Waals surface area (Å²) in [6.45, 7) is 1.91. The summed E-state index contributed by atoms with van der Waals surface area (Å²) in [5, 5.41) is 9.49. The molecule has 1 atom stereocenters. The Morgan fingerprint density at radius 2 is 1.96 bits per heavy atom. The number of benzene rings is 2. The second-order valence-corrected chi connectivity index (χ2v) is 7.87. The van der Waals surface area contributed by atoms with E-state index in [2.05, 4.69) is 26.1 Å². The zero-order valence-corrected chi connectivity index (χ0v) is 17.3. The number of aromatic nitrogens is 3. The van der Waals surface area contributed by atoms with Crippen LogP contribution in [0.25, 0.3) is 0 Å². The van der Waals surface area contributed by atoms with Crippen LogP contribution >= 0.6 is 39.3 Å². The molecule has 0 aliphatic rings. The summed E-state index contributed by atoms with van der Waals surface area (Å²) in [6, 6.07) is 12.3. The fourth-order valence-electron chi connectivity index (χ4n) is 2.38. The molecule has 0 bridgehead atoms. The number of nitrogens with zero attached hydrogens (tertiary/aromatic N) is 3. The van der Waals surface area contributed by atoms with Gasteiger partial charge in [-0.1, -0.05) is 45.4 Å². The molecule has 3 aromatic rings. The van der Waals surface area contributed by atoms with E-state index in [0.717, 1.165) is 10.2 Å². The molecule has 0 aliphatic heterocycles. The summed E-state index contributed by atoms with van der Waals surface area (Å²) < 4.78 is 22.6. The van der Waals surface area contributed by atoms with E-state index in [1.807, 2.05) is 42.8 Å². The van der Waals surface area contributed by atoms with Crippen molar-refractivity contribution >= 4 is 39.3 Å². The lowest BCUT2D eigenvalue weighted by Gasteiger charge is -2.14. The molecular weight excluding hydrogens is 441 g/mol. The van der Waals surface area contributed by atoms with Gasteiger partial charge in [0.1, 0.15) is 11.6 Å². The first kappa shape index (κ1) is 19.2. The quantitative estimate of drug-likeness (QED) is 0.439. The Bertz CT molecular complexity index is 884. The normalized spacial score (nSPS) is 12.2. The topological polar surface area (TPSA) is 39.9 Å². The van der Waals surface area contributed by atoms with Gasteiger partial charge >= 0.3 is 0 Å². The van der Waals surface area contributed by atoms with Gasteiger partial charge in [-0.2, -0.15) is 0 Å². The Morgan fingerprint density at radius 1 is 1.23 bits per heavy atom. The Morgan fingerprint density at radius 3 is 2.65 bits per heavy atom. The lowest BCUT2D eigenvalue weighted by atomic mass is 10.2. The van der Waals surface area contributed by atoms with Gasteiger partial charge in [0.25, 0.3) is 0 Å². The average Bonchev–Trinajstić information content (AvgIpc) is 2.97. The molecule has 26 heavy (non-hydrogen) atoms. The maximum absolute atomic E-state index is 13.9. The van der Waals surface area contributed by atoms with Crippen LogP contribution in [0.2, 0.25) is 5.02 Å². The van der Waals surface area contributed by atoms with Crippen molar-refractivity contribution in [1.29, 1.82) is 0 Å². The van der Waals surface area contributed by atoms with Crippen molar-refractivity contribution in [2.75, 3.05) is 0 Å². The molecule has 0 fully saturated rings. The van der Waals surface area contributed by atoms with Crippen molar-refractivity contribution in [1.82, 2.24) is 14.8 Å². The first-order valence-electron chi connectivity index (χ1n) is 7.83. The molecule has 3 rings (SSSR count). The minimum Gasteiger partial charge on any atom is -0.483 e. The zero-order valence-electron chi connectivity index (χ0n) is 14.1. The van der Waals surface area contributed by atoms with E-state index in [-0.39, 0.29) is 11.9 Å². The van der Waals surface area contributed by atoms with Crippen LogP contribution in [0.1, 0.15) is 24.4 Å². The minimum absolute atomic E-state index is 0.278. The van der Waals surface area contributed by atoms with E-state index < -0.39 is 0 Å². The third kappa shape index (κ3) is 4.39. The molecule has 0 saturated heterocycles. The number of thioether (sulfide) groups is 1. The number of rotatable bonds is 6. The summed E-state index contributed by atoms with van der Waals surface area (Å²) in [6.07, 6.45) is -0.278. The summed E-state index contributed by atoms with van der Waals surface area (Å²) in [5.74, 6) is 1.49. The van der Waals surface area contributed by atoms with Crippen molar-refractivity contribution < 1.29 is 9.13 Å². The van der Waals surface area contributed by atoms with E-state index in [4.69, 9.17) is 16.3 Å². The fourth-order valence-corrected chi connectivity index (χ4v) is 3.91. The monoisotopic (exact) mass is 455 g/mol. The fraction of sp³-hybridized carbons (Fsp3) is 0.222. The number of hydrogen-bond acceptors (Lipinski definition) is 4. The molecule has 2 aromatic carbocycles. The SMILES string of the molecule is CC(Oc1ccc(Br)cc1)c1nnc(SCc2c(F)cccc2Cl)n1C.